The van der Waals surface area contributed by atoms with Crippen molar-refractivity contribution < 1.29 is 10.0 Å². The minimum absolute atomic E-state index is 0.0757. The zero-order valence-corrected chi connectivity index (χ0v) is 11.5. The Bertz CT molecular complexity index is 493. The van der Waals surface area contributed by atoms with Crippen LogP contribution in [0.4, 0.5) is 0 Å². The third-order valence-corrected chi connectivity index (χ3v) is 4.02. The number of carbonyl (C=O) groups excluding carboxylic acids is 1. The molecule has 1 aromatic rings. The summed E-state index contributed by atoms with van der Waals surface area (Å²) in [5.41, 5.74) is 5.60. The van der Waals surface area contributed by atoms with Gasteiger partial charge in [-0.15, -0.1) is 0 Å². The van der Waals surface area contributed by atoms with E-state index in [0.29, 0.717) is 24.3 Å². The second-order valence-electron chi connectivity index (χ2n) is 5.44. The highest BCUT2D eigenvalue weighted by Gasteiger charge is 2.39. The fraction of sp³-hybridized carbons (Fsp3) is 0.500. The third-order valence-electron chi connectivity index (χ3n) is 4.02. The van der Waals surface area contributed by atoms with Crippen molar-refractivity contribution in [1.29, 1.82) is 0 Å². The van der Waals surface area contributed by atoms with Crippen molar-refractivity contribution in [3.8, 4) is 0 Å². The molecule has 0 atom stereocenters. The van der Waals surface area contributed by atoms with E-state index in [0.717, 1.165) is 12.8 Å². The number of amidine groups is 1. The van der Waals surface area contributed by atoms with Crippen LogP contribution in [0.1, 0.15) is 43.0 Å². The van der Waals surface area contributed by atoms with E-state index in [4.69, 9.17) is 10.9 Å². The van der Waals surface area contributed by atoms with E-state index in [9.17, 15) is 4.79 Å². The number of oxime groups is 1. The van der Waals surface area contributed by atoms with Crippen LogP contribution in [0.5, 0.6) is 0 Å². The molecule has 0 aromatic carbocycles. The molecule has 2 rings (SSSR count). The van der Waals surface area contributed by atoms with Gasteiger partial charge in [-0.05, 0) is 43.7 Å². The predicted octanol–water partition coefficient (Wildman–Crippen LogP) is 1.51. The highest BCUT2D eigenvalue weighted by atomic mass is 16.4. The van der Waals surface area contributed by atoms with E-state index in [1.165, 1.54) is 0 Å². The molecule has 108 valence electrons. The summed E-state index contributed by atoms with van der Waals surface area (Å²) in [5.74, 6) is 0.438. The van der Waals surface area contributed by atoms with E-state index < -0.39 is 5.54 Å². The first-order valence-electron chi connectivity index (χ1n) is 6.78. The molecule has 20 heavy (non-hydrogen) atoms. The Kier molecular flexibility index (Phi) is 4.22. The van der Waals surface area contributed by atoms with Gasteiger partial charge in [0.25, 0.3) is 5.91 Å². The molecule has 1 fully saturated rings. The molecule has 0 saturated heterocycles. The normalized spacial score (nSPS) is 27.1. The van der Waals surface area contributed by atoms with Gasteiger partial charge in [0.1, 0.15) is 5.54 Å². The number of aromatic nitrogens is 1. The molecule has 1 saturated carbocycles. The summed E-state index contributed by atoms with van der Waals surface area (Å²) in [4.78, 5) is 16.2. The molecule has 0 spiro atoms. The van der Waals surface area contributed by atoms with Crippen LogP contribution in [0.15, 0.2) is 29.7 Å². The molecule has 1 aliphatic rings. The van der Waals surface area contributed by atoms with Crippen molar-refractivity contribution in [3.63, 3.8) is 0 Å². The number of nitrogens with two attached hydrogens (primary N) is 1. The van der Waals surface area contributed by atoms with E-state index in [-0.39, 0.29) is 11.7 Å². The molecule has 1 amide bonds. The maximum Gasteiger partial charge on any atom is 0.252 e. The van der Waals surface area contributed by atoms with Crippen molar-refractivity contribution in [2.75, 3.05) is 0 Å². The molecule has 1 aliphatic carbocycles. The number of pyridine rings is 1. The zero-order chi connectivity index (χ0) is 14.6. The Morgan fingerprint density at radius 2 is 2.05 bits per heavy atom. The topological polar surface area (TPSA) is 101 Å². The van der Waals surface area contributed by atoms with Crippen molar-refractivity contribution in [3.05, 3.63) is 30.1 Å². The fourth-order valence-electron chi connectivity index (χ4n) is 2.59. The Labute approximate surface area is 118 Å². The van der Waals surface area contributed by atoms with Crippen LogP contribution in [0.2, 0.25) is 0 Å². The lowest BCUT2D eigenvalue weighted by atomic mass is 9.76. The molecule has 6 heteroatoms. The van der Waals surface area contributed by atoms with Gasteiger partial charge in [0.15, 0.2) is 5.84 Å². The standard InChI is InChI=1S/C14H20N4O2/c1-10-2-6-14(7-3-10,13(15)18-20)17-12(19)11-4-8-16-9-5-11/h4-5,8-10,20H,2-3,6-7H2,1H3,(H2,15,18)(H,17,19). The number of hydrogen-bond acceptors (Lipinski definition) is 4. The summed E-state index contributed by atoms with van der Waals surface area (Å²) in [7, 11) is 0. The van der Waals surface area contributed by atoms with Crippen LogP contribution in [-0.4, -0.2) is 27.5 Å². The van der Waals surface area contributed by atoms with E-state index in [2.05, 4.69) is 22.4 Å². The monoisotopic (exact) mass is 276 g/mol. The molecule has 0 bridgehead atoms. The number of hydrogen-bond donors (Lipinski definition) is 3. The van der Waals surface area contributed by atoms with Gasteiger partial charge in [0, 0.05) is 18.0 Å². The molecular weight excluding hydrogens is 256 g/mol. The summed E-state index contributed by atoms with van der Waals surface area (Å²) >= 11 is 0. The number of rotatable bonds is 3. The van der Waals surface area contributed by atoms with E-state index in [1.807, 2.05) is 0 Å². The van der Waals surface area contributed by atoms with Crippen LogP contribution >= 0.6 is 0 Å². The molecule has 1 aromatic heterocycles. The summed E-state index contributed by atoms with van der Waals surface area (Å²) < 4.78 is 0. The quantitative estimate of drug-likeness (QED) is 0.337. The Morgan fingerprint density at radius 3 is 2.60 bits per heavy atom. The van der Waals surface area contributed by atoms with Crippen LogP contribution in [0.25, 0.3) is 0 Å². The SMILES string of the molecule is CC1CCC(NC(=O)c2ccncc2)(/C(N)=N/O)CC1. The van der Waals surface area contributed by atoms with Gasteiger partial charge < -0.3 is 16.3 Å². The average Bonchev–Trinajstić information content (AvgIpc) is 2.49. The van der Waals surface area contributed by atoms with Gasteiger partial charge in [-0.2, -0.15) is 0 Å². The molecule has 0 unspecified atom stereocenters. The van der Waals surface area contributed by atoms with Gasteiger partial charge >= 0.3 is 0 Å². The molecule has 1 heterocycles. The first-order valence-corrected chi connectivity index (χ1v) is 6.78. The largest absolute Gasteiger partial charge is 0.409 e. The summed E-state index contributed by atoms with van der Waals surface area (Å²) in [6, 6.07) is 3.28. The van der Waals surface area contributed by atoms with Crippen LogP contribution in [0.3, 0.4) is 0 Å². The third kappa shape index (κ3) is 2.89. The summed E-state index contributed by atoms with van der Waals surface area (Å²) in [5, 5.41) is 15.1. The number of carbonyl (C=O) groups is 1. The van der Waals surface area contributed by atoms with Crippen molar-refractivity contribution in [2.24, 2.45) is 16.8 Å². The van der Waals surface area contributed by atoms with Crippen molar-refractivity contribution >= 4 is 11.7 Å². The first kappa shape index (κ1) is 14.3. The lowest BCUT2D eigenvalue weighted by Crippen LogP contribution is -2.59. The summed E-state index contributed by atoms with van der Waals surface area (Å²) in [6.45, 7) is 2.17. The smallest absolute Gasteiger partial charge is 0.252 e. The summed E-state index contributed by atoms with van der Waals surface area (Å²) in [6.07, 6.45) is 6.36. The van der Waals surface area contributed by atoms with Crippen LogP contribution < -0.4 is 11.1 Å². The lowest BCUT2D eigenvalue weighted by Gasteiger charge is -2.38. The Morgan fingerprint density at radius 1 is 1.45 bits per heavy atom. The van der Waals surface area contributed by atoms with Crippen molar-refractivity contribution in [2.45, 2.75) is 38.1 Å². The van der Waals surface area contributed by atoms with Crippen molar-refractivity contribution in [1.82, 2.24) is 10.3 Å². The van der Waals surface area contributed by atoms with E-state index >= 15 is 0 Å². The van der Waals surface area contributed by atoms with E-state index in [1.54, 1.807) is 24.5 Å². The van der Waals surface area contributed by atoms with Gasteiger partial charge in [0.2, 0.25) is 0 Å². The molecule has 0 radical (unpaired) electrons. The number of nitrogens with zero attached hydrogens (tertiary/aromatic N) is 2. The average molecular weight is 276 g/mol. The molecule has 4 N–H and O–H groups in total. The van der Waals surface area contributed by atoms with Gasteiger partial charge in [-0.1, -0.05) is 12.1 Å². The Balaban J connectivity index is 2.19. The maximum absolute atomic E-state index is 12.3. The number of nitrogens with one attached hydrogen (secondary N) is 1. The maximum atomic E-state index is 12.3. The minimum atomic E-state index is -0.748. The number of amides is 1. The fourth-order valence-corrected chi connectivity index (χ4v) is 2.59. The predicted molar refractivity (Wildman–Crippen MR) is 75.5 cm³/mol. The van der Waals surface area contributed by atoms with Gasteiger partial charge in [-0.25, -0.2) is 0 Å². The van der Waals surface area contributed by atoms with Gasteiger partial charge in [0.05, 0.1) is 0 Å². The van der Waals surface area contributed by atoms with Crippen LogP contribution in [0, 0.1) is 5.92 Å². The lowest BCUT2D eigenvalue weighted by molar-refractivity contribution is 0.0897. The Hall–Kier alpha value is -2.11. The molecule has 0 aliphatic heterocycles. The highest BCUT2D eigenvalue weighted by molar-refractivity contribution is 6.00. The minimum Gasteiger partial charge on any atom is -0.409 e. The highest BCUT2D eigenvalue weighted by Crippen LogP contribution is 2.32. The second kappa shape index (κ2) is 5.90. The molecular formula is C14H20N4O2. The molecule has 6 nitrogen and oxygen atoms in total. The van der Waals surface area contributed by atoms with Crippen LogP contribution in [-0.2, 0) is 0 Å². The second-order valence-corrected chi connectivity index (χ2v) is 5.44. The zero-order valence-electron chi connectivity index (χ0n) is 11.5. The first-order chi connectivity index (χ1) is 9.57. The van der Waals surface area contributed by atoms with Gasteiger partial charge in [-0.3, -0.25) is 9.78 Å².